The first-order valence-corrected chi connectivity index (χ1v) is 6.66. The molecule has 2 heterocycles. The highest BCUT2D eigenvalue weighted by Gasteiger charge is 2.20. The smallest absolute Gasteiger partial charge is 0.252 e. The number of piperidine rings is 1. The van der Waals surface area contributed by atoms with Gasteiger partial charge in [-0.15, -0.1) is 0 Å². The lowest BCUT2D eigenvalue weighted by molar-refractivity contribution is -0.122. The SMILES string of the molecule is NCC1CCCN(CC(=O)NNc2ccccn2)C1. The third kappa shape index (κ3) is 4.50. The number of pyridine rings is 1. The van der Waals surface area contributed by atoms with E-state index in [0.717, 1.165) is 19.5 Å². The number of nitrogens with one attached hydrogen (secondary N) is 2. The van der Waals surface area contributed by atoms with E-state index in [1.165, 1.54) is 6.42 Å². The van der Waals surface area contributed by atoms with Gasteiger partial charge in [0.1, 0.15) is 5.82 Å². The minimum absolute atomic E-state index is 0.0525. The second kappa shape index (κ2) is 7.06. The zero-order valence-electron chi connectivity index (χ0n) is 11.0. The van der Waals surface area contributed by atoms with Gasteiger partial charge in [0.05, 0.1) is 6.54 Å². The van der Waals surface area contributed by atoms with E-state index in [1.807, 2.05) is 12.1 Å². The minimum atomic E-state index is -0.0525. The Morgan fingerprint density at radius 3 is 3.16 bits per heavy atom. The van der Waals surface area contributed by atoms with Crippen molar-refractivity contribution in [3.05, 3.63) is 24.4 Å². The number of aromatic nitrogens is 1. The maximum Gasteiger partial charge on any atom is 0.252 e. The molecule has 1 aromatic rings. The molecule has 0 saturated carbocycles. The van der Waals surface area contributed by atoms with Gasteiger partial charge in [-0.25, -0.2) is 4.98 Å². The van der Waals surface area contributed by atoms with Crippen molar-refractivity contribution in [2.45, 2.75) is 12.8 Å². The fraction of sp³-hybridized carbons (Fsp3) is 0.538. The molecule has 6 nitrogen and oxygen atoms in total. The molecule has 1 aliphatic rings. The summed E-state index contributed by atoms with van der Waals surface area (Å²) in [7, 11) is 0. The van der Waals surface area contributed by atoms with Crippen LogP contribution in [0, 0.1) is 5.92 Å². The largest absolute Gasteiger partial charge is 0.330 e. The Kier molecular flexibility index (Phi) is 5.11. The number of hydrogen-bond acceptors (Lipinski definition) is 5. The van der Waals surface area contributed by atoms with Crippen molar-refractivity contribution in [1.82, 2.24) is 15.3 Å². The highest BCUT2D eigenvalue weighted by Crippen LogP contribution is 2.14. The lowest BCUT2D eigenvalue weighted by atomic mass is 9.98. The van der Waals surface area contributed by atoms with Gasteiger partial charge in [0, 0.05) is 12.7 Å². The summed E-state index contributed by atoms with van der Waals surface area (Å²) in [5, 5.41) is 0. The average molecular weight is 263 g/mol. The summed E-state index contributed by atoms with van der Waals surface area (Å²) in [4.78, 5) is 18.0. The van der Waals surface area contributed by atoms with Crippen molar-refractivity contribution in [2.75, 3.05) is 31.6 Å². The number of amides is 1. The quantitative estimate of drug-likeness (QED) is 0.661. The Hall–Kier alpha value is -1.66. The van der Waals surface area contributed by atoms with Gasteiger partial charge in [0.25, 0.3) is 5.91 Å². The first kappa shape index (κ1) is 13.8. The van der Waals surface area contributed by atoms with Crippen molar-refractivity contribution in [2.24, 2.45) is 11.7 Å². The van der Waals surface area contributed by atoms with Crippen molar-refractivity contribution in [3.63, 3.8) is 0 Å². The summed E-state index contributed by atoms with van der Waals surface area (Å²) in [5.74, 6) is 1.10. The lowest BCUT2D eigenvalue weighted by Crippen LogP contribution is -2.45. The molecule has 1 amide bonds. The van der Waals surface area contributed by atoms with Crippen molar-refractivity contribution in [1.29, 1.82) is 0 Å². The van der Waals surface area contributed by atoms with E-state index in [2.05, 4.69) is 20.7 Å². The molecule has 19 heavy (non-hydrogen) atoms. The van der Waals surface area contributed by atoms with Gasteiger partial charge in [0.2, 0.25) is 0 Å². The highest BCUT2D eigenvalue weighted by atomic mass is 16.2. The molecule has 1 unspecified atom stereocenters. The van der Waals surface area contributed by atoms with Crippen LogP contribution in [0.3, 0.4) is 0 Å². The summed E-state index contributed by atoms with van der Waals surface area (Å²) in [6.07, 6.45) is 3.95. The lowest BCUT2D eigenvalue weighted by Gasteiger charge is -2.31. The van der Waals surface area contributed by atoms with Gasteiger partial charge in [-0.2, -0.15) is 0 Å². The molecule has 2 rings (SSSR count). The molecule has 0 bridgehead atoms. The summed E-state index contributed by atoms with van der Waals surface area (Å²) in [6.45, 7) is 2.97. The van der Waals surface area contributed by atoms with Crippen molar-refractivity contribution in [3.8, 4) is 0 Å². The van der Waals surface area contributed by atoms with Crippen LogP contribution in [0.15, 0.2) is 24.4 Å². The highest BCUT2D eigenvalue weighted by molar-refractivity contribution is 5.79. The molecule has 4 N–H and O–H groups in total. The summed E-state index contributed by atoms with van der Waals surface area (Å²) in [6, 6.07) is 5.48. The molecule has 0 radical (unpaired) electrons. The summed E-state index contributed by atoms with van der Waals surface area (Å²) in [5.41, 5.74) is 11.1. The second-order valence-corrected chi connectivity index (χ2v) is 4.87. The molecular weight excluding hydrogens is 242 g/mol. The molecule has 1 aromatic heterocycles. The maximum absolute atomic E-state index is 11.8. The predicted octanol–water partition coefficient (Wildman–Crippen LogP) is 0.195. The van der Waals surface area contributed by atoms with Crippen LogP contribution in [-0.4, -0.2) is 42.0 Å². The second-order valence-electron chi connectivity index (χ2n) is 4.87. The molecule has 0 aromatic carbocycles. The van der Waals surface area contributed by atoms with Crippen LogP contribution in [0.5, 0.6) is 0 Å². The Morgan fingerprint density at radius 2 is 2.42 bits per heavy atom. The maximum atomic E-state index is 11.8. The van der Waals surface area contributed by atoms with Gasteiger partial charge >= 0.3 is 0 Å². The van der Waals surface area contributed by atoms with E-state index in [9.17, 15) is 4.79 Å². The van der Waals surface area contributed by atoms with Crippen LogP contribution in [0.1, 0.15) is 12.8 Å². The average Bonchev–Trinajstić information content (AvgIpc) is 2.46. The monoisotopic (exact) mass is 263 g/mol. The molecule has 104 valence electrons. The number of rotatable bonds is 5. The normalized spacial score (nSPS) is 19.9. The van der Waals surface area contributed by atoms with Crippen molar-refractivity contribution >= 4 is 11.7 Å². The Balaban J connectivity index is 1.72. The molecule has 1 aliphatic heterocycles. The number of anilines is 1. The van der Waals surface area contributed by atoms with Crippen LogP contribution >= 0.6 is 0 Å². The fourth-order valence-electron chi connectivity index (χ4n) is 2.30. The molecule has 0 spiro atoms. The number of likely N-dealkylation sites (tertiary alicyclic amines) is 1. The van der Waals surface area contributed by atoms with Crippen LogP contribution in [0.2, 0.25) is 0 Å². The van der Waals surface area contributed by atoms with Gasteiger partial charge in [0.15, 0.2) is 0 Å². The van der Waals surface area contributed by atoms with E-state index in [-0.39, 0.29) is 5.91 Å². The molecule has 0 aliphatic carbocycles. The topological polar surface area (TPSA) is 83.3 Å². The van der Waals surface area contributed by atoms with Crippen LogP contribution < -0.4 is 16.6 Å². The van der Waals surface area contributed by atoms with E-state index in [4.69, 9.17) is 5.73 Å². The molecule has 6 heteroatoms. The predicted molar refractivity (Wildman–Crippen MR) is 74.2 cm³/mol. The third-order valence-electron chi connectivity index (χ3n) is 3.30. The zero-order chi connectivity index (χ0) is 13.5. The standard InChI is InChI=1S/C13H21N5O/c14-8-11-4-3-7-18(9-11)10-13(19)17-16-12-5-1-2-6-15-12/h1-2,5-6,11H,3-4,7-10,14H2,(H,15,16)(H,17,19). The first-order valence-electron chi connectivity index (χ1n) is 6.66. The fourth-order valence-corrected chi connectivity index (χ4v) is 2.30. The molecule has 1 atom stereocenters. The number of carbonyl (C=O) groups is 1. The number of carbonyl (C=O) groups excluding carboxylic acids is 1. The third-order valence-corrected chi connectivity index (χ3v) is 3.30. The minimum Gasteiger partial charge on any atom is -0.330 e. The van der Waals surface area contributed by atoms with Crippen LogP contribution in [0.4, 0.5) is 5.82 Å². The number of nitrogens with zero attached hydrogens (tertiary/aromatic N) is 2. The van der Waals surface area contributed by atoms with Gasteiger partial charge in [-0.1, -0.05) is 6.07 Å². The summed E-state index contributed by atoms with van der Waals surface area (Å²) < 4.78 is 0. The van der Waals surface area contributed by atoms with E-state index < -0.39 is 0 Å². The van der Waals surface area contributed by atoms with Gasteiger partial charge < -0.3 is 5.73 Å². The first-order chi connectivity index (χ1) is 9.28. The molecule has 1 saturated heterocycles. The number of hydrazine groups is 1. The number of hydrogen-bond donors (Lipinski definition) is 3. The number of nitrogens with two attached hydrogens (primary N) is 1. The van der Waals surface area contributed by atoms with Crippen LogP contribution in [-0.2, 0) is 4.79 Å². The Bertz CT molecular complexity index is 397. The Morgan fingerprint density at radius 1 is 1.53 bits per heavy atom. The molecular formula is C13H21N5O. The van der Waals surface area contributed by atoms with E-state index in [0.29, 0.717) is 24.8 Å². The zero-order valence-corrected chi connectivity index (χ0v) is 11.0. The van der Waals surface area contributed by atoms with Gasteiger partial charge in [-0.05, 0) is 44.0 Å². The van der Waals surface area contributed by atoms with Gasteiger partial charge in [-0.3, -0.25) is 20.5 Å². The van der Waals surface area contributed by atoms with E-state index in [1.54, 1.807) is 12.3 Å². The van der Waals surface area contributed by atoms with E-state index >= 15 is 0 Å². The summed E-state index contributed by atoms with van der Waals surface area (Å²) >= 11 is 0. The Labute approximate surface area is 113 Å². The van der Waals surface area contributed by atoms with Crippen LogP contribution in [0.25, 0.3) is 0 Å². The van der Waals surface area contributed by atoms with Crippen molar-refractivity contribution < 1.29 is 4.79 Å². The molecule has 1 fully saturated rings.